The van der Waals surface area contributed by atoms with Gasteiger partial charge in [0.15, 0.2) is 0 Å². The zero-order valence-corrected chi connectivity index (χ0v) is 10.5. The van der Waals surface area contributed by atoms with Crippen molar-refractivity contribution in [3.63, 3.8) is 0 Å². The number of hydrogen-bond donors (Lipinski definition) is 1. The first-order chi connectivity index (χ1) is 8.54. The van der Waals surface area contributed by atoms with Gasteiger partial charge in [-0.2, -0.15) is 0 Å². The summed E-state index contributed by atoms with van der Waals surface area (Å²) >= 11 is 1.55. The molecular formula is C12H11N2O3S-. The van der Waals surface area contributed by atoms with Gasteiger partial charge in [0.2, 0.25) is 5.91 Å². The zero-order chi connectivity index (χ0) is 13.1. The fourth-order valence-corrected chi connectivity index (χ4v) is 2.42. The maximum atomic E-state index is 11.4. The van der Waals surface area contributed by atoms with Crippen LogP contribution in [0.5, 0.6) is 0 Å². The molecule has 0 saturated carbocycles. The Bertz CT molecular complexity index is 606. The van der Waals surface area contributed by atoms with E-state index in [2.05, 4.69) is 10.3 Å². The highest BCUT2D eigenvalue weighted by atomic mass is 32.1. The number of amides is 1. The number of carboxylic acids is 1. The fourth-order valence-electron chi connectivity index (χ4n) is 1.56. The molecule has 0 aliphatic rings. The van der Waals surface area contributed by atoms with Gasteiger partial charge in [-0.25, -0.2) is 4.98 Å². The lowest BCUT2D eigenvalue weighted by Gasteiger charge is -2.05. The predicted octanol–water partition coefficient (Wildman–Crippen LogP) is 1.07. The molecule has 94 valence electrons. The van der Waals surface area contributed by atoms with Gasteiger partial charge in [-0.3, -0.25) is 4.79 Å². The molecule has 0 fully saturated rings. The van der Waals surface area contributed by atoms with Crippen LogP contribution >= 0.6 is 11.3 Å². The van der Waals surface area contributed by atoms with Crippen LogP contribution in [0.4, 0.5) is 5.69 Å². The van der Waals surface area contributed by atoms with E-state index < -0.39 is 5.97 Å². The fraction of sp³-hybridized carbons (Fsp3) is 0.250. The number of carboxylic acid groups (broad SMARTS) is 1. The zero-order valence-electron chi connectivity index (χ0n) is 9.73. The predicted molar refractivity (Wildman–Crippen MR) is 67.2 cm³/mol. The van der Waals surface area contributed by atoms with Crippen molar-refractivity contribution in [2.24, 2.45) is 0 Å². The first-order valence-corrected chi connectivity index (χ1v) is 6.23. The third-order valence-corrected chi connectivity index (χ3v) is 3.27. The second kappa shape index (κ2) is 5.14. The van der Waals surface area contributed by atoms with Gasteiger partial charge in [-0.05, 0) is 31.5 Å². The molecule has 1 aromatic carbocycles. The van der Waals surface area contributed by atoms with E-state index in [1.54, 1.807) is 17.4 Å². The lowest BCUT2D eigenvalue weighted by Crippen LogP contribution is -2.24. The molecule has 18 heavy (non-hydrogen) atoms. The molecule has 0 saturated heterocycles. The second-order valence-corrected chi connectivity index (χ2v) is 5.07. The summed E-state index contributed by atoms with van der Waals surface area (Å²) in [5.74, 6) is -1.56. The number of hydrogen-bond acceptors (Lipinski definition) is 5. The number of fused-ring (bicyclic) bond motifs is 1. The van der Waals surface area contributed by atoms with E-state index in [0.717, 1.165) is 15.2 Å². The third-order valence-electron chi connectivity index (χ3n) is 2.34. The van der Waals surface area contributed by atoms with Crippen LogP contribution in [-0.4, -0.2) is 16.9 Å². The van der Waals surface area contributed by atoms with Gasteiger partial charge in [0.1, 0.15) is 0 Å². The van der Waals surface area contributed by atoms with Crippen LogP contribution in [0.3, 0.4) is 0 Å². The van der Waals surface area contributed by atoms with Crippen LogP contribution in [0, 0.1) is 6.92 Å². The van der Waals surface area contributed by atoms with Gasteiger partial charge in [0.05, 0.1) is 15.2 Å². The SMILES string of the molecule is Cc1nc2ccc(NC(=O)CCC(=O)[O-])cc2s1. The minimum absolute atomic E-state index is 0.0813. The highest BCUT2D eigenvalue weighted by Gasteiger charge is 2.05. The molecule has 0 aliphatic carbocycles. The molecule has 0 unspecified atom stereocenters. The van der Waals surface area contributed by atoms with Crippen LogP contribution in [-0.2, 0) is 9.59 Å². The van der Waals surface area contributed by atoms with E-state index in [4.69, 9.17) is 0 Å². The molecule has 2 rings (SSSR count). The Morgan fingerprint density at radius 2 is 2.17 bits per heavy atom. The summed E-state index contributed by atoms with van der Waals surface area (Å²) in [6.07, 6.45) is -0.351. The van der Waals surface area contributed by atoms with Gasteiger partial charge in [0, 0.05) is 18.1 Å². The minimum Gasteiger partial charge on any atom is -0.550 e. The Morgan fingerprint density at radius 1 is 1.39 bits per heavy atom. The Balaban J connectivity index is 2.07. The van der Waals surface area contributed by atoms with Gasteiger partial charge in [-0.1, -0.05) is 0 Å². The summed E-state index contributed by atoms with van der Waals surface area (Å²) in [6.45, 7) is 1.92. The van der Waals surface area contributed by atoms with Crippen LogP contribution in [0.25, 0.3) is 10.2 Å². The summed E-state index contributed by atoms with van der Waals surface area (Å²) in [4.78, 5) is 26.0. The summed E-state index contributed by atoms with van der Waals surface area (Å²) in [5.41, 5.74) is 1.54. The average molecular weight is 263 g/mol. The third kappa shape index (κ3) is 3.04. The largest absolute Gasteiger partial charge is 0.550 e. The number of anilines is 1. The van der Waals surface area contributed by atoms with Crippen molar-refractivity contribution in [3.05, 3.63) is 23.2 Å². The van der Waals surface area contributed by atoms with Crippen LogP contribution in [0.2, 0.25) is 0 Å². The van der Waals surface area contributed by atoms with Crippen molar-refractivity contribution in [3.8, 4) is 0 Å². The number of carbonyl (C=O) groups excluding carboxylic acids is 2. The molecule has 2 aromatic rings. The monoisotopic (exact) mass is 263 g/mol. The summed E-state index contributed by atoms with van der Waals surface area (Å²) < 4.78 is 0.991. The Morgan fingerprint density at radius 3 is 2.89 bits per heavy atom. The number of carbonyl (C=O) groups is 2. The van der Waals surface area contributed by atoms with E-state index in [0.29, 0.717) is 5.69 Å². The van der Waals surface area contributed by atoms with Crippen molar-refractivity contribution in [1.29, 1.82) is 0 Å². The summed E-state index contributed by atoms with van der Waals surface area (Å²) in [7, 11) is 0. The molecule has 0 spiro atoms. The minimum atomic E-state index is -1.22. The average Bonchev–Trinajstić information content (AvgIpc) is 2.66. The normalized spacial score (nSPS) is 10.5. The molecule has 1 amide bonds. The Labute approximate surface area is 107 Å². The summed E-state index contributed by atoms with van der Waals surface area (Å²) in [5, 5.41) is 13.8. The van der Waals surface area contributed by atoms with E-state index >= 15 is 0 Å². The standard InChI is InChI=1S/C12H12N2O3S/c1-7-13-9-3-2-8(6-10(9)18-7)14-11(15)4-5-12(16)17/h2-3,6H,4-5H2,1H3,(H,14,15)(H,16,17)/p-1. The number of benzene rings is 1. The molecule has 0 atom stereocenters. The first kappa shape index (κ1) is 12.5. The smallest absolute Gasteiger partial charge is 0.224 e. The molecule has 1 heterocycles. The lowest BCUT2D eigenvalue weighted by atomic mass is 10.2. The van der Waals surface area contributed by atoms with E-state index in [9.17, 15) is 14.7 Å². The Hall–Kier alpha value is -1.95. The van der Waals surface area contributed by atoms with Gasteiger partial charge >= 0.3 is 0 Å². The lowest BCUT2D eigenvalue weighted by molar-refractivity contribution is -0.305. The maximum Gasteiger partial charge on any atom is 0.224 e. The molecule has 1 N–H and O–H groups in total. The number of thiazole rings is 1. The first-order valence-electron chi connectivity index (χ1n) is 5.41. The van der Waals surface area contributed by atoms with E-state index in [1.165, 1.54) is 0 Å². The number of aryl methyl sites for hydroxylation is 1. The highest BCUT2D eigenvalue weighted by Crippen LogP contribution is 2.24. The van der Waals surface area contributed by atoms with Crippen LogP contribution < -0.4 is 10.4 Å². The van der Waals surface area contributed by atoms with Crippen molar-refractivity contribution < 1.29 is 14.7 Å². The van der Waals surface area contributed by atoms with Crippen molar-refractivity contribution >= 4 is 39.1 Å². The molecule has 0 radical (unpaired) electrons. The highest BCUT2D eigenvalue weighted by molar-refractivity contribution is 7.18. The molecule has 0 bridgehead atoms. The topological polar surface area (TPSA) is 82.1 Å². The number of aliphatic carboxylic acids is 1. The molecule has 1 aromatic heterocycles. The number of rotatable bonds is 4. The van der Waals surface area contributed by atoms with Crippen molar-refractivity contribution in [2.45, 2.75) is 19.8 Å². The van der Waals surface area contributed by atoms with Gasteiger partial charge in [0.25, 0.3) is 0 Å². The van der Waals surface area contributed by atoms with Gasteiger partial charge in [-0.15, -0.1) is 11.3 Å². The quantitative estimate of drug-likeness (QED) is 0.894. The van der Waals surface area contributed by atoms with E-state index in [1.807, 2.05) is 19.1 Å². The number of nitrogens with one attached hydrogen (secondary N) is 1. The van der Waals surface area contributed by atoms with Crippen LogP contribution in [0.1, 0.15) is 17.8 Å². The molecule has 0 aliphatic heterocycles. The maximum absolute atomic E-state index is 11.4. The number of aromatic nitrogens is 1. The van der Waals surface area contributed by atoms with Crippen molar-refractivity contribution in [2.75, 3.05) is 5.32 Å². The van der Waals surface area contributed by atoms with Crippen molar-refractivity contribution in [1.82, 2.24) is 4.98 Å². The van der Waals surface area contributed by atoms with Gasteiger partial charge < -0.3 is 15.2 Å². The second-order valence-electron chi connectivity index (χ2n) is 3.84. The summed E-state index contributed by atoms with van der Waals surface area (Å²) in [6, 6.07) is 5.41. The van der Waals surface area contributed by atoms with Crippen LogP contribution in [0.15, 0.2) is 18.2 Å². The Kier molecular flexibility index (Phi) is 3.57. The molecular weight excluding hydrogens is 252 g/mol. The molecule has 5 nitrogen and oxygen atoms in total. The number of nitrogens with zero attached hydrogens (tertiary/aromatic N) is 1. The molecule has 6 heteroatoms. The van der Waals surface area contributed by atoms with E-state index in [-0.39, 0.29) is 18.7 Å².